The summed E-state index contributed by atoms with van der Waals surface area (Å²) in [4.78, 5) is 65.5. The van der Waals surface area contributed by atoms with E-state index in [9.17, 15) is 24.0 Å². The van der Waals surface area contributed by atoms with Crippen LogP contribution in [0.2, 0.25) is 0 Å². The van der Waals surface area contributed by atoms with Crippen LogP contribution in [-0.4, -0.2) is 56.3 Å². The van der Waals surface area contributed by atoms with Gasteiger partial charge in [0.25, 0.3) is 0 Å². The zero-order valence-electron chi connectivity index (χ0n) is 22.4. The fourth-order valence-corrected chi connectivity index (χ4v) is 3.92. The average molecular weight is 529 g/mol. The second-order valence-electron chi connectivity index (χ2n) is 7.83. The molecule has 0 aliphatic rings. The summed E-state index contributed by atoms with van der Waals surface area (Å²) in [7, 11) is 0. The summed E-state index contributed by atoms with van der Waals surface area (Å²) in [5.74, 6) is -4.71. The Kier molecular flexibility index (Phi) is 11.0. The molecule has 0 spiro atoms. The highest BCUT2D eigenvalue weighted by Gasteiger charge is 2.39. The molecule has 0 aliphatic carbocycles. The molecule has 0 heterocycles. The highest BCUT2D eigenvalue weighted by molar-refractivity contribution is 6.19. The molecule has 10 nitrogen and oxygen atoms in total. The normalized spacial score (nSPS) is 10.4. The topological polar surface area (TPSA) is 132 Å². The largest absolute Gasteiger partial charge is 0.462 e. The van der Waals surface area contributed by atoms with Crippen molar-refractivity contribution in [2.45, 2.75) is 48.1 Å². The zero-order valence-corrected chi connectivity index (χ0v) is 22.4. The summed E-state index contributed by atoms with van der Waals surface area (Å²) >= 11 is 0. The average Bonchev–Trinajstić information content (AvgIpc) is 2.86. The van der Waals surface area contributed by atoms with Crippen LogP contribution in [0.4, 0.5) is 0 Å². The van der Waals surface area contributed by atoms with E-state index in [-0.39, 0.29) is 48.7 Å². The van der Waals surface area contributed by atoms with Gasteiger partial charge in [-0.2, -0.15) is 0 Å². The van der Waals surface area contributed by atoms with Gasteiger partial charge in [-0.1, -0.05) is 24.3 Å². The number of benzene rings is 2. The minimum Gasteiger partial charge on any atom is -0.462 e. The Morgan fingerprint density at radius 2 is 1.03 bits per heavy atom. The number of carbonyl (C=O) groups is 5. The van der Waals surface area contributed by atoms with Crippen molar-refractivity contribution in [3.05, 3.63) is 57.6 Å². The summed E-state index contributed by atoms with van der Waals surface area (Å²) in [5, 5.41) is 0. The number of ether oxygens (including phenoxy) is 5. The van der Waals surface area contributed by atoms with E-state index in [2.05, 4.69) is 0 Å². The molecule has 2 aromatic rings. The fourth-order valence-electron chi connectivity index (χ4n) is 3.92. The van der Waals surface area contributed by atoms with Crippen molar-refractivity contribution in [3.63, 3.8) is 0 Å². The molecule has 2 aromatic carbocycles. The van der Waals surface area contributed by atoms with Gasteiger partial charge < -0.3 is 23.7 Å². The number of aryl methyl sites for hydroxylation is 1. The van der Waals surface area contributed by atoms with Gasteiger partial charge in [-0.3, -0.25) is 4.79 Å². The fraction of sp³-hybridized carbons (Fsp3) is 0.393. The standard InChI is InChI=1S/C28H32O10/c1-7-34-25(30)21-19(15-38-17(6)29)20(18-14-12-11-13-16(18)5)22(26(31)35-8-2)24(28(33)37-10-4)23(21)27(32)36-9-3/h11-14H,7-10,15H2,1-6H3. The maximum Gasteiger partial charge on any atom is 0.339 e. The van der Waals surface area contributed by atoms with Crippen LogP contribution < -0.4 is 0 Å². The van der Waals surface area contributed by atoms with E-state index in [0.717, 1.165) is 0 Å². The SMILES string of the molecule is CCOC(=O)c1c(COC(C)=O)c(-c2ccccc2C)c(C(=O)OCC)c(C(=O)OCC)c1C(=O)OCC. The first-order chi connectivity index (χ1) is 18.1. The molecule has 0 saturated heterocycles. The highest BCUT2D eigenvalue weighted by Crippen LogP contribution is 2.39. The second kappa shape index (κ2) is 13.9. The summed E-state index contributed by atoms with van der Waals surface area (Å²) in [5.41, 5.74) is -0.587. The Morgan fingerprint density at radius 3 is 1.47 bits per heavy atom. The molecular formula is C28H32O10. The minimum absolute atomic E-state index is 0.0212. The minimum atomic E-state index is -1.07. The molecule has 0 bridgehead atoms. The van der Waals surface area contributed by atoms with Gasteiger partial charge in [0.15, 0.2) is 0 Å². The lowest BCUT2D eigenvalue weighted by atomic mass is 9.82. The van der Waals surface area contributed by atoms with Crippen LogP contribution >= 0.6 is 0 Å². The third-order valence-corrected chi connectivity index (χ3v) is 5.36. The number of rotatable bonds is 11. The van der Waals surface area contributed by atoms with Crippen molar-refractivity contribution in [2.24, 2.45) is 0 Å². The molecule has 10 heteroatoms. The van der Waals surface area contributed by atoms with E-state index >= 15 is 0 Å². The van der Waals surface area contributed by atoms with Gasteiger partial charge in [0.1, 0.15) is 6.61 Å². The third-order valence-electron chi connectivity index (χ3n) is 5.36. The van der Waals surface area contributed by atoms with E-state index in [1.54, 1.807) is 58.9 Å². The maximum atomic E-state index is 13.5. The van der Waals surface area contributed by atoms with Crippen molar-refractivity contribution >= 4 is 29.8 Å². The van der Waals surface area contributed by atoms with Crippen molar-refractivity contribution in [1.82, 2.24) is 0 Å². The molecule has 0 N–H and O–H groups in total. The van der Waals surface area contributed by atoms with Crippen molar-refractivity contribution in [3.8, 4) is 11.1 Å². The summed E-state index contributed by atoms with van der Waals surface area (Å²) in [6.07, 6.45) is 0. The quantitative estimate of drug-likeness (QED) is 0.305. The van der Waals surface area contributed by atoms with Crippen LogP contribution in [0.3, 0.4) is 0 Å². The Bertz CT molecular complexity index is 1230. The Morgan fingerprint density at radius 1 is 0.605 bits per heavy atom. The first-order valence-electron chi connectivity index (χ1n) is 12.2. The summed E-state index contributed by atoms with van der Waals surface area (Å²) in [6.45, 7) is 8.33. The van der Waals surface area contributed by atoms with E-state index in [1.165, 1.54) is 6.92 Å². The molecule has 2 rings (SSSR count). The van der Waals surface area contributed by atoms with Crippen molar-refractivity contribution < 1.29 is 47.7 Å². The molecule has 204 valence electrons. The van der Waals surface area contributed by atoms with Crippen LogP contribution in [0, 0.1) is 6.92 Å². The van der Waals surface area contributed by atoms with Crippen molar-refractivity contribution in [1.29, 1.82) is 0 Å². The maximum absolute atomic E-state index is 13.5. The monoisotopic (exact) mass is 528 g/mol. The molecule has 0 saturated carbocycles. The Balaban J connectivity index is 3.34. The van der Waals surface area contributed by atoms with Gasteiger partial charge in [-0.05, 0) is 45.7 Å². The van der Waals surface area contributed by atoms with E-state index < -0.39 is 47.6 Å². The Hall–Kier alpha value is -4.21. The number of esters is 5. The first kappa shape index (κ1) is 30.0. The van der Waals surface area contributed by atoms with E-state index in [1.807, 2.05) is 0 Å². The molecule has 0 amide bonds. The number of hydrogen-bond donors (Lipinski definition) is 0. The van der Waals surface area contributed by atoms with Gasteiger partial charge in [0.05, 0.1) is 48.7 Å². The number of hydrogen-bond acceptors (Lipinski definition) is 10. The van der Waals surface area contributed by atoms with Crippen LogP contribution in [0.1, 0.15) is 87.2 Å². The highest BCUT2D eigenvalue weighted by atomic mass is 16.6. The first-order valence-corrected chi connectivity index (χ1v) is 12.2. The Labute approximate surface area is 221 Å². The van der Waals surface area contributed by atoms with Crippen LogP contribution in [-0.2, 0) is 35.1 Å². The molecular weight excluding hydrogens is 496 g/mol. The van der Waals surface area contributed by atoms with Gasteiger partial charge in [0, 0.05) is 18.1 Å². The predicted octanol–water partition coefficient (Wildman–Crippen LogP) is 4.43. The van der Waals surface area contributed by atoms with Gasteiger partial charge >= 0.3 is 29.8 Å². The predicted molar refractivity (Wildman–Crippen MR) is 136 cm³/mol. The molecule has 38 heavy (non-hydrogen) atoms. The van der Waals surface area contributed by atoms with E-state index in [0.29, 0.717) is 11.1 Å². The van der Waals surface area contributed by atoms with Gasteiger partial charge in [-0.15, -0.1) is 0 Å². The molecule has 0 fully saturated rings. The summed E-state index contributed by atoms with van der Waals surface area (Å²) < 4.78 is 26.2. The lowest BCUT2D eigenvalue weighted by Gasteiger charge is -2.24. The van der Waals surface area contributed by atoms with Crippen LogP contribution in [0.5, 0.6) is 0 Å². The lowest BCUT2D eigenvalue weighted by Crippen LogP contribution is -2.27. The summed E-state index contributed by atoms with van der Waals surface area (Å²) in [6, 6.07) is 6.88. The second-order valence-corrected chi connectivity index (χ2v) is 7.83. The lowest BCUT2D eigenvalue weighted by molar-refractivity contribution is -0.142. The molecule has 0 atom stereocenters. The van der Waals surface area contributed by atoms with Gasteiger partial charge in [0.2, 0.25) is 0 Å². The van der Waals surface area contributed by atoms with Crippen LogP contribution in [0.15, 0.2) is 24.3 Å². The smallest absolute Gasteiger partial charge is 0.339 e. The molecule has 0 unspecified atom stereocenters. The van der Waals surface area contributed by atoms with E-state index in [4.69, 9.17) is 23.7 Å². The van der Waals surface area contributed by atoms with Crippen molar-refractivity contribution in [2.75, 3.05) is 26.4 Å². The van der Waals surface area contributed by atoms with Crippen LogP contribution in [0.25, 0.3) is 11.1 Å². The number of carbonyl (C=O) groups excluding carboxylic acids is 5. The van der Waals surface area contributed by atoms with Gasteiger partial charge in [-0.25, -0.2) is 19.2 Å². The third kappa shape index (κ3) is 6.56. The molecule has 0 aromatic heterocycles. The molecule has 0 radical (unpaired) electrons. The zero-order chi connectivity index (χ0) is 28.4. The molecule has 0 aliphatic heterocycles.